The first kappa shape index (κ1) is 16.0. The molecular weight excluding hydrogens is 301 g/mol. The van der Waals surface area contributed by atoms with Gasteiger partial charge in [-0.15, -0.1) is 0 Å². The number of halogens is 3. The van der Waals surface area contributed by atoms with E-state index in [0.29, 0.717) is 0 Å². The number of alkyl halides is 3. The van der Waals surface area contributed by atoms with Crippen LogP contribution < -0.4 is 15.2 Å². The lowest BCUT2D eigenvalue weighted by atomic mass is 10.2. The summed E-state index contributed by atoms with van der Waals surface area (Å²) in [6.07, 6.45) is -4.68. The number of nitrogens with one attached hydrogen (secondary N) is 2. The van der Waals surface area contributed by atoms with Crippen LogP contribution in [-0.2, 0) is 10.2 Å². The Morgan fingerprint density at radius 3 is 2.50 bits per heavy atom. The highest BCUT2D eigenvalue weighted by molar-refractivity contribution is 7.90. The number of nitrogens with two attached hydrogens (primary N) is 1. The molecule has 5 N–H and O–H groups in total. The fraction of sp³-hybridized carbons (Fsp3) is 0.222. The summed E-state index contributed by atoms with van der Waals surface area (Å²) in [5.74, 6) is -0.390. The lowest BCUT2D eigenvalue weighted by Crippen LogP contribution is -2.37. The van der Waals surface area contributed by atoms with Crippen molar-refractivity contribution >= 4 is 21.7 Å². The van der Waals surface area contributed by atoms with Crippen LogP contribution in [0.1, 0.15) is 5.56 Å². The second kappa shape index (κ2) is 5.96. The summed E-state index contributed by atoms with van der Waals surface area (Å²) >= 11 is 0. The van der Waals surface area contributed by atoms with Crippen LogP contribution in [0.25, 0.3) is 0 Å². The Morgan fingerprint density at radius 2 is 1.95 bits per heavy atom. The molecule has 0 fully saturated rings. The largest absolute Gasteiger partial charge is 0.409 e. The Morgan fingerprint density at radius 1 is 1.35 bits per heavy atom. The van der Waals surface area contributed by atoms with E-state index in [2.05, 4.69) is 5.16 Å². The van der Waals surface area contributed by atoms with Crippen LogP contribution >= 0.6 is 0 Å². The smallest absolute Gasteiger partial charge is 0.402 e. The van der Waals surface area contributed by atoms with Crippen molar-refractivity contribution in [3.63, 3.8) is 0 Å². The second-order valence-corrected chi connectivity index (χ2v) is 5.07. The fourth-order valence-corrected chi connectivity index (χ4v) is 2.10. The SMILES string of the molecule is N/C(=N/O)c1ccccc1NS(=O)(=O)NCC(F)(F)F. The lowest BCUT2D eigenvalue weighted by molar-refractivity contribution is -0.121. The van der Waals surface area contributed by atoms with E-state index in [1.54, 1.807) is 0 Å². The summed E-state index contributed by atoms with van der Waals surface area (Å²) in [5.41, 5.74) is 5.22. The van der Waals surface area contributed by atoms with Crippen LogP contribution in [-0.4, -0.2) is 32.2 Å². The Kier molecular flexibility index (Phi) is 4.78. The molecule has 0 saturated heterocycles. The van der Waals surface area contributed by atoms with E-state index < -0.39 is 22.9 Å². The molecule has 0 saturated carbocycles. The lowest BCUT2D eigenvalue weighted by Gasteiger charge is -2.13. The van der Waals surface area contributed by atoms with Crippen molar-refractivity contribution in [3.8, 4) is 0 Å². The van der Waals surface area contributed by atoms with Crippen LogP contribution in [0.3, 0.4) is 0 Å². The molecule has 20 heavy (non-hydrogen) atoms. The number of para-hydroxylation sites is 1. The zero-order chi connectivity index (χ0) is 15.4. The molecule has 0 unspecified atom stereocenters. The zero-order valence-corrected chi connectivity index (χ0v) is 10.7. The quantitative estimate of drug-likeness (QED) is 0.275. The van der Waals surface area contributed by atoms with Gasteiger partial charge >= 0.3 is 6.18 Å². The Balaban J connectivity index is 2.93. The molecular formula is C9H11F3N4O3S. The van der Waals surface area contributed by atoms with E-state index in [1.807, 2.05) is 4.72 Å². The van der Waals surface area contributed by atoms with Crippen LogP contribution in [0.4, 0.5) is 18.9 Å². The zero-order valence-electron chi connectivity index (χ0n) is 9.85. The first-order valence-corrected chi connectivity index (χ1v) is 6.54. The van der Waals surface area contributed by atoms with Gasteiger partial charge in [0.15, 0.2) is 5.84 Å². The summed E-state index contributed by atoms with van der Waals surface area (Å²) in [4.78, 5) is 0. The van der Waals surface area contributed by atoms with Gasteiger partial charge in [-0.3, -0.25) is 4.72 Å². The normalized spacial score (nSPS) is 13.2. The minimum absolute atomic E-state index is 0.0207. The van der Waals surface area contributed by atoms with Gasteiger partial charge in [0.25, 0.3) is 10.2 Å². The van der Waals surface area contributed by atoms with Crippen molar-refractivity contribution in [2.45, 2.75) is 6.18 Å². The summed E-state index contributed by atoms with van der Waals surface area (Å²) in [7, 11) is -4.44. The van der Waals surface area contributed by atoms with E-state index in [-0.39, 0.29) is 17.1 Å². The number of anilines is 1. The van der Waals surface area contributed by atoms with Crippen molar-refractivity contribution in [2.24, 2.45) is 10.9 Å². The first-order chi connectivity index (χ1) is 9.14. The molecule has 0 aliphatic heterocycles. The van der Waals surface area contributed by atoms with E-state index in [1.165, 1.54) is 29.0 Å². The number of hydrogen-bond donors (Lipinski definition) is 4. The summed E-state index contributed by atoms with van der Waals surface area (Å²) in [5, 5.41) is 11.2. The number of benzene rings is 1. The summed E-state index contributed by atoms with van der Waals surface area (Å²) in [6.45, 7) is -1.71. The monoisotopic (exact) mass is 312 g/mol. The maximum Gasteiger partial charge on any atom is 0.402 e. The van der Waals surface area contributed by atoms with E-state index in [0.717, 1.165) is 0 Å². The molecule has 1 rings (SSSR count). The fourth-order valence-electron chi connectivity index (χ4n) is 1.21. The maximum absolute atomic E-state index is 12.0. The van der Waals surface area contributed by atoms with Gasteiger partial charge in [0.05, 0.1) is 5.69 Å². The third kappa shape index (κ3) is 4.93. The van der Waals surface area contributed by atoms with Crippen molar-refractivity contribution in [3.05, 3.63) is 29.8 Å². The predicted octanol–water partition coefficient (Wildman–Crippen LogP) is 0.590. The number of oxime groups is 1. The molecule has 0 heterocycles. The molecule has 1 aromatic carbocycles. The highest BCUT2D eigenvalue weighted by Crippen LogP contribution is 2.17. The average molecular weight is 312 g/mol. The van der Waals surface area contributed by atoms with Crippen molar-refractivity contribution in [1.29, 1.82) is 0 Å². The van der Waals surface area contributed by atoms with Gasteiger partial charge in [-0.2, -0.15) is 26.3 Å². The van der Waals surface area contributed by atoms with Gasteiger partial charge in [-0.05, 0) is 12.1 Å². The Labute approximate surface area is 112 Å². The minimum Gasteiger partial charge on any atom is -0.409 e. The summed E-state index contributed by atoms with van der Waals surface area (Å²) < 4.78 is 62.0. The van der Waals surface area contributed by atoms with E-state index in [4.69, 9.17) is 10.9 Å². The van der Waals surface area contributed by atoms with Gasteiger partial charge in [0.1, 0.15) is 6.54 Å². The predicted molar refractivity (Wildman–Crippen MR) is 65.6 cm³/mol. The topological polar surface area (TPSA) is 117 Å². The molecule has 112 valence electrons. The van der Waals surface area contributed by atoms with E-state index >= 15 is 0 Å². The molecule has 0 aromatic heterocycles. The van der Waals surface area contributed by atoms with Crippen LogP contribution in [0.2, 0.25) is 0 Å². The number of rotatable bonds is 5. The molecule has 0 radical (unpaired) electrons. The van der Waals surface area contributed by atoms with Crippen LogP contribution in [0.15, 0.2) is 29.4 Å². The highest BCUT2D eigenvalue weighted by atomic mass is 32.2. The molecule has 0 atom stereocenters. The van der Waals surface area contributed by atoms with E-state index in [9.17, 15) is 21.6 Å². The maximum atomic E-state index is 12.0. The van der Waals surface area contributed by atoms with Crippen LogP contribution in [0, 0.1) is 0 Å². The average Bonchev–Trinajstić information content (AvgIpc) is 2.35. The number of amidine groups is 1. The van der Waals surface area contributed by atoms with Crippen molar-refractivity contribution in [2.75, 3.05) is 11.3 Å². The molecule has 0 aliphatic rings. The third-order valence-corrected chi connectivity index (χ3v) is 3.03. The molecule has 0 amide bonds. The Bertz CT molecular complexity index is 601. The van der Waals surface area contributed by atoms with Crippen molar-refractivity contribution in [1.82, 2.24) is 4.72 Å². The number of hydrogen-bond acceptors (Lipinski definition) is 4. The molecule has 0 aliphatic carbocycles. The minimum atomic E-state index is -4.68. The number of nitrogens with zero attached hydrogens (tertiary/aromatic N) is 1. The molecule has 1 aromatic rings. The Hall–Kier alpha value is -2.01. The third-order valence-electron chi connectivity index (χ3n) is 2.02. The van der Waals surface area contributed by atoms with Gasteiger partial charge in [-0.1, -0.05) is 17.3 Å². The van der Waals surface area contributed by atoms with Gasteiger partial charge in [0, 0.05) is 5.56 Å². The highest BCUT2D eigenvalue weighted by Gasteiger charge is 2.29. The molecule has 11 heteroatoms. The second-order valence-electron chi connectivity index (χ2n) is 3.57. The van der Waals surface area contributed by atoms with Gasteiger partial charge < -0.3 is 10.9 Å². The van der Waals surface area contributed by atoms with Gasteiger partial charge in [-0.25, -0.2) is 0 Å². The molecule has 7 nitrogen and oxygen atoms in total. The summed E-state index contributed by atoms with van der Waals surface area (Å²) in [6, 6.07) is 5.49. The van der Waals surface area contributed by atoms with Crippen molar-refractivity contribution < 1.29 is 26.8 Å². The van der Waals surface area contributed by atoms with Gasteiger partial charge in [0.2, 0.25) is 0 Å². The van der Waals surface area contributed by atoms with Crippen LogP contribution in [0.5, 0.6) is 0 Å². The molecule has 0 spiro atoms. The standard InChI is InChI=1S/C9H11F3N4O3S/c10-9(11,12)5-14-20(18,19)16-7-4-2-1-3-6(7)8(13)15-17/h1-4,14,16-17H,5H2,(H2,13,15). The molecule has 0 bridgehead atoms. The first-order valence-electron chi connectivity index (χ1n) is 5.06.